The van der Waals surface area contributed by atoms with Gasteiger partial charge in [0.15, 0.2) is 11.5 Å². The highest BCUT2D eigenvalue weighted by Gasteiger charge is 2.44. The van der Waals surface area contributed by atoms with Crippen molar-refractivity contribution < 1.29 is 17.9 Å². The molecule has 2 saturated heterocycles. The molecule has 3 rings (SSSR count). The molecule has 2 aliphatic heterocycles. The lowest BCUT2D eigenvalue weighted by atomic mass is 9.87. The van der Waals surface area contributed by atoms with Crippen molar-refractivity contribution in [3.05, 3.63) is 18.2 Å². The van der Waals surface area contributed by atoms with Gasteiger partial charge in [0.25, 0.3) is 0 Å². The highest BCUT2D eigenvalue weighted by atomic mass is 32.2. The smallest absolute Gasteiger partial charge is 0.243 e. The average molecular weight is 354 g/mol. The van der Waals surface area contributed by atoms with E-state index in [0.717, 1.165) is 25.9 Å². The molecule has 2 fully saturated rings. The van der Waals surface area contributed by atoms with Crippen LogP contribution in [0.25, 0.3) is 0 Å². The Labute approximate surface area is 144 Å². The van der Waals surface area contributed by atoms with Gasteiger partial charge in [0, 0.05) is 25.7 Å². The van der Waals surface area contributed by atoms with Gasteiger partial charge in [-0.25, -0.2) is 8.42 Å². The average Bonchev–Trinajstić information content (AvgIpc) is 3.20. The van der Waals surface area contributed by atoms with Crippen molar-refractivity contribution in [3.8, 4) is 11.5 Å². The van der Waals surface area contributed by atoms with Crippen LogP contribution in [0.1, 0.15) is 26.7 Å². The fraction of sp³-hybridized carbons (Fsp3) is 0.647. The van der Waals surface area contributed by atoms with Crippen molar-refractivity contribution in [1.82, 2.24) is 9.62 Å². The second-order valence-electron chi connectivity index (χ2n) is 6.49. The van der Waals surface area contributed by atoms with E-state index < -0.39 is 10.0 Å². The van der Waals surface area contributed by atoms with Crippen LogP contribution >= 0.6 is 0 Å². The molecule has 1 N–H and O–H groups in total. The van der Waals surface area contributed by atoms with Crippen molar-refractivity contribution in [3.63, 3.8) is 0 Å². The lowest BCUT2D eigenvalue weighted by Crippen LogP contribution is -2.33. The van der Waals surface area contributed by atoms with Crippen LogP contribution < -0.4 is 14.8 Å². The molecule has 0 bridgehead atoms. The van der Waals surface area contributed by atoms with Gasteiger partial charge in [-0.3, -0.25) is 0 Å². The van der Waals surface area contributed by atoms with Crippen molar-refractivity contribution >= 4 is 10.0 Å². The first-order valence-corrected chi connectivity index (χ1v) is 10.1. The van der Waals surface area contributed by atoms with Gasteiger partial charge in [0.05, 0.1) is 18.1 Å². The summed E-state index contributed by atoms with van der Waals surface area (Å²) >= 11 is 0. The Hall–Kier alpha value is -1.31. The van der Waals surface area contributed by atoms with Crippen LogP contribution in [0, 0.1) is 5.41 Å². The molecule has 0 radical (unpaired) electrons. The zero-order valence-electron chi connectivity index (χ0n) is 14.4. The molecule has 1 aromatic carbocycles. The summed E-state index contributed by atoms with van der Waals surface area (Å²) in [5, 5.41) is 3.36. The Balaban J connectivity index is 1.85. The summed E-state index contributed by atoms with van der Waals surface area (Å²) < 4.78 is 38.7. The molecule has 2 aliphatic rings. The quantitative estimate of drug-likeness (QED) is 0.844. The molecule has 0 aliphatic carbocycles. The van der Waals surface area contributed by atoms with E-state index in [9.17, 15) is 8.42 Å². The highest BCUT2D eigenvalue weighted by molar-refractivity contribution is 7.89. The van der Waals surface area contributed by atoms with Crippen molar-refractivity contribution in [1.29, 1.82) is 0 Å². The Kier molecular flexibility index (Phi) is 5.03. The minimum Gasteiger partial charge on any atom is -0.490 e. The molecule has 0 saturated carbocycles. The first kappa shape index (κ1) is 17.5. The summed E-state index contributed by atoms with van der Waals surface area (Å²) in [6.45, 7) is 7.79. The predicted octanol–water partition coefficient (Wildman–Crippen LogP) is 1.86. The van der Waals surface area contributed by atoms with Crippen molar-refractivity contribution in [2.75, 3.05) is 39.4 Å². The zero-order valence-corrected chi connectivity index (χ0v) is 15.2. The molecule has 24 heavy (non-hydrogen) atoms. The van der Waals surface area contributed by atoms with E-state index in [1.165, 1.54) is 0 Å². The van der Waals surface area contributed by atoms with Crippen LogP contribution in [0.3, 0.4) is 0 Å². The molecule has 134 valence electrons. The van der Waals surface area contributed by atoms with E-state index in [-0.39, 0.29) is 10.3 Å². The van der Waals surface area contributed by atoms with Crippen LogP contribution in [0.15, 0.2) is 23.1 Å². The summed E-state index contributed by atoms with van der Waals surface area (Å²) in [5.41, 5.74) is 0.112. The Bertz CT molecular complexity index is 684. The van der Waals surface area contributed by atoms with Crippen LogP contribution in [0.2, 0.25) is 0 Å². The molecule has 2 heterocycles. The van der Waals surface area contributed by atoms with Gasteiger partial charge in [-0.15, -0.1) is 0 Å². The van der Waals surface area contributed by atoms with Crippen LogP contribution in [-0.2, 0) is 10.0 Å². The standard InChI is InChI=1S/C17H26N2O4S/c1-3-22-15-6-5-14(11-16(15)23-4-2)24(20,21)19-10-8-17(13-19)7-9-18-12-17/h5-6,11,18H,3-4,7-10,12-13H2,1-2H3. The van der Waals surface area contributed by atoms with Gasteiger partial charge < -0.3 is 14.8 Å². The maximum atomic E-state index is 13.0. The normalized spacial score (nSPS) is 24.6. The second-order valence-corrected chi connectivity index (χ2v) is 8.43. The van der Waals surface area contributed by atoms with E-state index in [4.69, 9.17) is 9.47 Å². The molecule has 1 unspecified atom stereocenters. The molecule has 7 heteroatoms. The third-order valence-electron chi connectivity index (χ3n) is 4.89. The van der Waals surface area contributed by atoms with E-state index >= 15 is 0 Å². The highest BCUT2D eigenvalue weighted by Crippen LogP contribution is 2.39. The largest absolute Gasteiger partial charge is 0.490 e. The first-order valence-electron chi connectivity index (χ1n) is 8.61. The molecule has 0 amide bonds. The first-order chi connectivity index (χ1) is 11.5. The molecule has 1 aromatic rings. The van der Waals surface area contributed by atoms with E-state index in [0.29, 0.717) is 37.8 Å². The fourth-order valence-corrected chi connectivity index (χ4v) is 5.15. The summed E-state index contributed by atoms with van der Waals surface area (Å²) in [6.07, 6.45) is 1.97. The topological polar surface area (TPSA) is 67.9 Å². The number of hydrogen-bond acceptors (Lipinski definition) is 5. The third-order valence-corrected chi connectivity index (χ3v) is 6.73. The van der Waals surface area contributed by atoms with E-state index in [2.05, 4.69) is 5.32 Å². The maximum absolute atomic E-state index is 13.0. The van der Waals surface area contributed by atoms with E-state index in [1.807, 2.05) is 13.8 Å². The number of nitrogens with one attached hydrogen (secondary N) is 1. The van der Waals surface area contributed by atoms with E-state index in [1.54, 1.807) is 22.5 Å². The fourth-order valence-electron chi connectivity index (χ4n) is 3.58. The predicted molar refractivity (Wildman–Crippen MR) is 92.1 cm³/mol. The van der Waals surface area contributed by atoms with Crippen molar-refractivity contribution in [2.45, 2.75) is 31.6 Å². The number of ether oxygens (including phenoxy) is 2. The molecular weight excluding hydrogens is 328 g/mol. The zero-order chi connectivity index (χ0) is 17.2. The van der Waals surface area contributed by atoms with Crippen LogP contribution in [0.5, 0.6) is 11.5 Å². The Morgan fingerprint density at radius 2 is 1.92 bits per heavy atom. The Morgan fingerprint density at radius 3 is 2.58 bits per heavy atom. The number of rotatable bonds is 6. The lowest BCUT2D eigenvalue weighted by Gasteiger charge is -2.23. The maximum Gasteiger partial charge on any atom is 0.243 e. The lowest BCUT2D eigenvalue weighted by molar-refractivity contribution is 0.287. The molecule has 6 nitrogen and oxygen atoms in total. The number of hydrogen-bond donors (Lipinski definition) is 1. The van der Waals surface area contributed by atoms with Gasteiger partial charge in [-0.05, 0) is 50.8 Å². The summed E-state index contributed by atoms with van der Waals surface area (Å²) in [4.78, 5) is 0.275. The minimum absolute atomic E-state index is 0.112. The minimum atomic E-state index is -3.50. The second kappa shape index (κ2) is 6.90. The molecule has 1 atom stereocenters. The van der Waals surface area contributed by atoms with Gasteiger partial charge in [0.1, 0.15) is 0 Å². The summed E-state index contributed by atoms with van der Waals surface area (Å²) in [6, 6.07) is 4.88. The SMILES string of the molecule is CCOc1ccc(S(=O)(=O)N2CCC3(CCNC3)C2)cc1OCC. The summed E-state index contributed by atoms with van der Waals surface area (Å²) in [5.74, 6) is 1.06. The molecule has 0 aromatic heterocycles. The van der Waals surface area contributed by atoms with Gasteiger partial charge in [-0.2, -0.15) is 4.31 Å². The number of nitrogens with zero attached hydrogens (tertiary/aromatic N) is 1. The molecular formula is C17H26N2O4S. The van der Waals surface area contributed by atoms with Crippen LogP contribution in [0.4, 0.5) is 0 Å². The summed E-state index contributed by atoms with van der Waals surface area (Å²) in [7, 11) is -3.50. The van der Waals surface area contributed by atoms with Crippen molar-refractivity contribution in [2.24, 2.45) is 5.41 Å². The number of sulfonamides is 1. The third kappa shape index (κ3) is 3.25. The Morgan fingerprint density at radius 1 is 1.17 bits per heavy atom. The van der Waals surface area contributed by atoms with Gasteiger partial charge in [0.2, 0.25) is 10.0 Å². The van der Waals surface area contributed by atoms with Gasteiger partial charge in [-0.1, -0.05) is 0 Å². The van der Waals surface area contributed by atoms with Gasteiger partial charge >= 0.3 is 0 Å². The van der Waals surface area contributed by atoms with Crippen LogP contribution in [-0.4, -0.2) is 52.1 Å². The number of benzene rings is 1. The monoisotopic (exact) mass is 354 g/mol. The molecule has 1 spiro atoms.